The quantitative estimate of drug-likeness (QED) is 0.777. The molecular weight excluding hydrogens is 273 g/mol. The van der Waals surface area contributed by atoms with Gasteiger partial charge in [-0.25, -0.2) is 4.39 Å². The molecule has 1 aliphatic rings. The van der Waals surface area contributed by atoms with Gasteiger partial charge in [0.15, 0.2) is 0 Å². The molecule has 0 bridgehead atoms. The van der Waals surface area contributed by atoms with Gasteiger partial charge in [-0.15, -0.1) is 0 Å². The van der Waals surface area contributed by atoms with E-state index in [0.29, 0.717) is 17.6 Å². The monoisotopic (exact) mass is 285 g/mol. The number of halogens is 2. The lowest BCUT2D eigenvalue weighted by Crippen LogP contribution is -2.55. The normalized spacial score (nSPS) is 18.1. The van der Waals surface area contributed by atoms with Gasteiger partial charge in [0.05, 0.1) is 5.56 Å². The van der Waals surface area contributed by atoms with Gasteiger partial charge < -0.3 is 4.90 Å². The Balaban J connectivity index is 2.16. The summed E-state index contributed by atoms with van der Waals surface area (Å²) < 4.78 is 14.2. The summed E-state index contributed by atoms with van der Waals surface area (Å²) in [4.78, 5) is 13.6. The van der Waals surface area contributed by atoms with Crippen LogP contribution in [0.3, 0.4) is 0 Å². The van der Waals surface area contributed by atoms with E-state index in [9.17, 15) is 9.18 Å². The van der Waals surface area contributed by atoms with Gasteiger partial charge in [-0.3, -0.25) is 4.79 Å². The zero-order chi connectivity index (χ0) is 11.9. The minimum Gasteiger partial charge on any atom is -0.337 e. The van der Waals surface area contributed by atoms with Crippen LogP contribution >= 0.6 is 15.9 Å². The lowest BCUT2D eigenvalue weighted by molar-refractivity contribution is 0.0232. The average molecular weight is 286 g/mol. The zero-order valence-electron chi connectivity index (χ0n) is 9.26. The first-order valence-corrected chi connectivity index (χ1v) is 5.93. The van der Waals surface area contributed by atoms with Crippen molar-refractivity contribution in [2.24, 2.45) is 5.41 Å². The molecule has 0 radical (unpaired) electrons. The number of hydrogen-bond acceptors (Lipinski definition) is 1. The van der Waals surface area contributed by atoms with Crippen LogP contribution in [0.5, 0.6) is 0 Å². The van der Waals surface area contributed by atoms with E-state index in [1.54, 1.807) is 11.0 Å². The maximum atomic E-state index is 13.5. The molecule has 2 rings (SSSR count). The number of rotatable bonds is 1. The van der Waals surface area contributed by atoms with Crippen LogP contribution in [-0.2, 0) is 0 Å². The predicted octanol–water partition coefficient (Wildman–Crippen LogP) is 3.07. The van der Waals surface area contributed by atoms with Gasteiger partial charge in [-0.1, -0.05) is 29.8 Å². The van der Waals surface area contributed by atoms with Crippen molar-refractivity contribution in [3.8, 4) is 0 Å². The van der Waals surface area contributed by atoms with Crippen molar-refractivity contribution in [3.05, 3.63) is 34.1 Å². The molecule has 0 aromatic heterocycles. The predicted molar refractivity (Wildman–Crippen MR) is 63.8 cm³/mol. The molecule has 2 nitrogen and oxygen atoms in total. The van der Waals surface area contributed by atoms with Crippen LogP contribution in [0.25, 0.3) is 0 Å². The number of amides is 1. The van der Waals surface area contributed by atoms with Gasteiger partial charge in [0.2, 0.25) is 0 Å². The molecule has 0 atom stereocenters. The van der Waals surface area contributed by atoms with E-state index in [1.807, 2.05) is 0 Å². The fourth-order valence-corrected chi connectivity index (χ4v) is 2.30. The van der Waals surface area contributed by atoms with Crippen LogP contribution in [0.2, 0.25) is 0 Å². The Hall–Kier alpha value is -0.900. The summed E-state index contributed by atoms with van der Waals surface area (Å²) in [5, 5.41) is 0. The van der Waals surface area contributed by atoms with Crippen LogP contribution < -0.4 is 0 Å². The SMILES string of the molecule is CC1(C)CN(C(=O)c2ccc(Br)cc2F)C1. The Morgan fingerprint density at radius 2 is 2.06 bits per heavy atom. The molecule has 16 heavy (non-hydrogen) atoms. The van der Waals surface area contributed by atoms with E-state index in [0.717, 1.165) is 0 Å². The molecule has 1 amide bonds. The summed E-state index contributed by atoms with van der Waals surface area (Å²) in [5.41, 5.74) is 0.320. The first-order valence-electron chi connectivity index (χ1n) is 5.13. The highest BCUT2D eigenvalue weighted by molar-refractivity contribution is 9.10. The average Bonchev–Trinajstić information content (AvgIpc) is 2.13. The molecule has 0 N–H and O–H groups in total. The van der Waals surface area contributed by atoms with Crippen molar-refractivity contribution in [1.82, 2.24) is 4.90 Å². The maximum Gasteiger partial charge on any atom is 0.256 e. The molecule has 0 spiro atoms. The second-order valence-electron chi connectivity index (χ2n) is 4.95. The van der Waals surface area contributed by atoms with Gasteiger partial charge >= 0.3 is 0 Å². The standard InChI is InChI=1S/C12H13BrFNO/c1-12(2)6-15(7-12)11(16)9-4-3-8(13)5-10(9)14/h3-5H,6-7H2,1-2H3. The van der Waals surface area contributed by atoms with E-state index in [1.165, 1.54) is 12.1 Å². The van der Waals surface area contributed by atoms with Crippen molar-refractivity contribution >= 4 is 21.8 Å². The summed E-state index contributed by atoms with van der Waals surface area (Å²) in [7, 11) is 0. The fraction of sp³-hybridized carbons (Fsp3) is 0.417. The molecule has 86 valence electrons. The van der Waals surface area contributed by atoms with Crippen LogP contribution in [0.1, 0.15) is 24.2 Å². The highest BCUT2D eigenvalue weighted by Crippen LogP contribution is 2.30. The zero-order valence-corrected chi connectivity index (χ0v) is 10.8. The molecule has 1 aromatic rings. The summed E-state index contributed by atoms with van der Waals surface area (Å²) in [6, 6.07) is 4.52. The first-order chi connectivity index (χ1) is 7.39. The Labute approximate surface area is 103 Å². The molecule has 4 heteroatoms. The van der Waals surface area contributed by atoms with Crippen molar-refractivity contribution < 1.29 is 9.18 Å². The molecule has 1 aliphatic heterocycles. The molecule has 1 heterocycles. The van der Waals surface area contributed by atoms with E-state index in [2.05, 4.69) is 29.8 Å². The highest BCUT2D eigenvalue weighted by Gasteiger charge is 2.38. The fourth-order valence-electron chi connectivity index (χ4n) is 1.96. The van der Waals surface area contributed by atoms with E-state index in [4.69, 9.17) is 0 Å². The molecule has 0 unspecified atom stereocenters. The van der Waals surface area contributed by atoms with Crippen LogP contribution in [0.15, 0.2) is 22.7 Å². The third-order valence-electron chi connectivity index (χ3n) is 2.69. The van der Waals surface area contributed by atoms with Gasteiger partial charge in [0.1, 0.15) is 5.82 Å². The second-order valence-corrected chi connectivity index (χ2v) is 5.87. The Morgan fingerprint density at radius 3 is 2.56 bits per heavy atom. The summed E-state index contributed by atoms with van der Waals surface area (Å²) in [5.74, 6) is -0.687. The van der Waals surface area contributed by atoms with Crippen molar-refractivity contribution in [2.75, 3.05) is 13.1 Å². The number of hydrogen-bond donors (Lipinski definition) is 0. The Bertz CT molecular complexity index is 437. The van der Waals surface area contributed by atoms with Crippen LogP contribution in [-0.4, -0.2) is 23.9 Å². The van der Waals surface area contributed by atoms with Crippen LogP contribution in [0.4, 0.5) is 4.39 Å². The van der Waals surface area contributed by atoms with Gasteiger partial charge in [0, 0.05) is 17.6 Å². The topological polar surface area (TPSA) is 20.3 Å². The van der Waals surface area contributed by atoms with E-state index in [-0.39, 0.29) is 16.9 Å². The smallest absolute Gasteiger partial charge is 0.256 e. The third-order valence-corrected chi connectivity index (χ3v) is 3.18. The van der Waals surface area contributed by atoms with Crippen molar-refractivity contribution in [3.63, 3.8) is 0 Å². The van der Waals surface area contributed by atoms with Crippen molar-refractivity contribution in [2.45, 2.75) is 13.8 Å². The Kier molecular flexibility index (Phi) is 2.78. The van der Waals surface area contributed by atoms with Gasteiger partial charge in [0.25, 0.3) is 5.91 Å². The molecule has 1 fully saturated rings. The van der Waals surface area contributed by atoms with E-state index >= 15 is 0 Å². The molecule has 0 saturated carbocycles. The lowest BCUT2D eigenvalue weighted by atomic mass is 9.84. The second kappa shape index (κ2) is 3.84. The molecule has 1 saturated heterocycles. The Morgan fingerprint density at radius 1 is 1.44 bits per heavy atom. The maximum absolute atomic E-state index is 13.5. The third kappa shape index (κ3) is 2.12. The number of nitrogens with zero attached hydrogens (tertiary/aromatic N) is 1. The largest absolute Gasteiger partial charge is 0.337 e. The first kappa shape index (κ1) is 11.6. The summed E-state index contributed by atoms with van der Waals surface area (Å²) in [6.45, 7) is 5.58. The van der Waals surface area contributed by atoms with Crippen LogP contribution in [0, 0.1) is 11.2 Å². The van der Waals surface area contributed by atoms with E-state index < -0.39 is 5.82 Å². The summed E-state index contributed by atoms with van der Waals surface area (Å²) in [6.07, 6.45) is 0. The number of carbonyl (C=O) groups excluding carboxylic acids is 1. The number of benzene rings is 1. The van der Waals surface area contributed by atoms with Gasteiger partial charge in [-0.2, -0.15) is 0 Å². The number of likely N-dealkylation sites (tertiary alicyclic amines) is 1. The lowest BCUT2D eigenvalue weighted by Gasteiger charge is -2.45. The minimum absolute atomic E-state index is 0.152. The molecular formula is C12H13BrFNO. The molecule has 1 aromatic carbocycles. The highest BCUT2D eigenvalue weighted by atomic mass is 79.9. The minimum atomic E-state index is -0.468. The van der Waals surface area contributed by atoms with Crippen molar-refractivity contribution in [1.29, 1.82) is 0 Å². The summed E-state index contributed by atoms with van der Waals surface area (Å²) >= 11 is 3.17. The number of carbonyl (C=O) groups is 1. The molecule has 0 aliphatic carbocycles. The van der Waals surface area contributed by atoms with Gasteiger partial charge in [-0.05, 0) is 23.6 Å².